The van der Waals surface area contributed by atoms with Crippen molar-refractivity contribution in [2.24, 2.45) is 0 Å². The summed E-state index contributed by atoms with van der Waals surface area (Å²) in [4.78, 5) is 44.3. The van der Waals surface area contributed by atoms with Crippen molar-refractivity contribution in [2.45, 2.75) is 49.1 Å². The Bertz CT molecular complexity index is 1080. The van der Waals surface area contributed by atoms with Crippen molar-refractivity contribution < 1.29 is 67.3 Å². The van der Waals surface area contributed by atoms with Crippen molar-refractivity contribution in [1.82, 2.24) is 9.55 Å². The Morgan fingerprint density at radius 1 is 1.03 bits per heavy atom. The van der Waals surface area contributed by atoms with Gasteiger partial charge in [0.05, 0.1) is 13.2 Å². The fourth-order valence-corrected chi connectivity index (χ4v) is 5.24. The van der Waals surface area contributed by atoms with Gasteiger partial charge in [-0.25, -0.2) is 13.9 Å². The molecule has 3 rings (SSSR count). The first-order chi connectivity index (χ1) is 15.7. The zero-order chi connectivity index (χ0) is 25.4. The molecule has 1 aromatic rings. The van der Waals surface area contributed by atoms with Crippen molar-refractivity contribution in [2.75, 3.05) is 13.2 Å². The highest BCUT2D eigenvalue weighted by Crippen LogP contribution is 2.61. The summed E-state index contributed by atoms with van der Waals surface area (Å²) < 4.78 is 47.7. The molecule has 194 valence electrons. The molecule has 3 heterocycles. The summed E-state index contributed by atoms with van der Waals surface area (Å²) in [7, 11) is -10.9. The van der Waals surface area contributed by atoms with Crippen molar-refractivity contribution in [3.05, 3.63) is 33.1 Å². The molecule has 0 spiro atoms. The Balaban J connectivity index is 1.59. The normalized spacial score (nSPS) is 37.7. The van der Waals surface area contributed by atoms with Crippen LogP contribution in [0.1, 0.15) is 6.23 Å². The number of phosphoric acid groups is 2. The van der Waals surface area contributed by atoms with E-state index in [4.69, 9.17) is 9.47 Å². The zero-order valence-corrected chi connectivity index (χ0v) is 18.6. The molecule has 0 saturated carbocycles. The first-order valence-corrected chi connectivity index (χ1v) is 12.4. The van der Waals surface area contributed by atoms with Gasteiger partial charge in [0, 0.05) is 12.3 Å². The quantitative estimate of drug-likeness (QED) is 0.146. The molecule has 3 unspecified atom stereocenters. The minimum absolute atomic E-state index is 0.602. The van der Waals surface area contributed by atoms with Crippen LogP contribution in [-0.4, -0.2) is 101 Å². The highest BCUT2D eigenvalue weighted by Gasteiger charge is 2.47. The smallest absolute Gasteiger partial charge is 0.388 e. The third-order valence-electron chi connectivity index (χ3n) is 4.76. The van der Waals surface area contributed by atoms with Gasteiger partial charge in [-0.1, -0.05) is 0 Å². The molecule has 0 aromatic carbocycles. The molecule has 10 atom stereocenters. The number of nitrogens with zero attached hydrogens (tertiary/aromatic N) is 1. The summed E-state index contributed by atoms with van der Waals surface area (Å²) >= 11 is 0. The van der Waals surface area contributed by atoms with E-state index in [0.717, 1.165) is 16.8 Å². The number of ether oxygens (including phenoxy) is 2. The first-order valence-electron chi connectivity index (χ1n) is 9.39. The van der Waals surface area contributed by atoms with Crippen LogP contribution >= 0.6 is 15.6 Å². The van der Waals surface area contributed by atoms with Gasteiger partial charge in [0.2, 0.25) is 0 Å². The molecule has 2 saturated heterocycles. The molecule has 0 amide bonds. The Kier molecular flexibility index (Phi) is 8.28. The van der Waals surface area contributed by atoms with Crippen molar-refractivity contribution >= 4 is 15.6 Å². The van der Waals surface area contributed by atoms with Gasteiger partial charge in [-0.3, -0.25) is 23.4 Å². The molecule has 0 radical (unpaired) electrons. The van der Waals surface area contributed by atoms with Gasteiger partial charge in [-0.05, 0) is 0 Å². The largest absolute Gasteiger partial charge is 0.483 e. The van der Waals surface area contributed by atoms with Gasteiger partial charge in [0.15, 0.2) is 12.5 Å². The summed E-state index contributed by atoms with van der Waals surface area (Å²) in [6, 6.07) is 0.939. The fraction of sp³-hybridized carbons (Fsp3) is 0.714. The van der Waals surface area contributed by atoms with Crippen LogP contribution in [0.15, 0.2) is 21.9 Å². The highest BCUT2D eigenvalue weighted by atomic mass is 31.3. The number of aromatic nitrogens is 2. The lowest BCUT2D eigenvalue weighted by Crippen LogP contribution is -2.53. The van der Waals surface area contributed by atoms with E-state index in [0.29, 0.717) is 0 Å². The standard InChI is InChI=1S/C14H22N2O16P2/c17-5-3-28-13(11(22)8(5)19)31-34(26,27)32-33(24,25)29-4-6-9(20)10(21)12(30-6)16-2-1-7(18)15-14(16)23/h1-2,5-6,8-13,17,19-22H,3-4H2,(H,24,25)(H,26,27)(H,15,18,23)/t5-,6-,8+,9?,10+,11-,12-,13-/m1/s1. The average molecular weight is 536 g/mol. The molecule has 8 N–H and O–H groups in total. The molecule has 2 fully saturated rings. The summed E-state index contributed by atoms with van der Waals surface area (Å²) in [6.45, 7) is -1.59. The maximum atomic E-state index is 12.1. The number of aliphatic hydroxyl groups is 5. The topological polar surface area (TPSA) is 277 Å². The van der Waals surface area contributed by atoms with E-state index in [-0.39, 0.29) is 0 Å². The van der Waals surface area contributed by atoms with E-state index in [2.05, 4.69) is 13.4 Å². The number of hydrogen-bond acceptors (Lipinski definition) is 14. The molecule has 34 heavy (non-hydrogen) atoms. The van der Waals surface area contributed by atoms with Crippen LogP contribution < -0.4 is 11.2 Å². The number of hydrogen-bond donors (Lipinski definition) is 8. The lowest BCUT2D eigenvalue weighted by molar-refractivity contribution is -0.245. The van der Waals surface area contributed by atoms with Gasteiger partial charge in [-0.15, -0.1) is 0 Å². The monoisotopic (exact) mass is 536 g/mol. The first kappa shape index (κ1) is 27.3. The molecule has 0 bridgehead atoms. The minimum atomic E-state index is -5.47. The van der Waals surface area contributed by atoms with Crippen molar-refractivity contribution in [3.63, 3.8) is 0 Å². The van der Waals surface area contributed by atoms with Gasteiger partial charge < -0.3 is 44.8 Å². The molecule has 18 nitrogen and oxygen atoms in total. The maximum Gasteiger partial charge on any atom is 0.483 e. The molecule has 0 aliphatic carbocycles. The van der Waals surface area contributed by atoms with Crippen LogP contribution in [0.5, 0.6) is 0 Å². The summed E-state index contributed by atoms with van der Waals surface area (Å²) in [6.07, 6.45) is -13.0. The molecular weight excluding hydrogens is 514 g/mol. The van der Waals surface area contributed by atoms with E-state index in [1.807, 2.05) is 4.98 Å². The summed E-state index contributed by atoms with van der Waals surface area (Å²) in [5, 5.41) is 48.8. The molecular formula is C14H22N2O16P2. The van der Waals surface area contributed by atoms with E-state index in [1.54, 1.807) is 0 Å². The molecule has 2 aliphatic heterocycles. The summed E-state index contributed by atoms with van der Waals surface area (Å²) in [5.41, 5.74) is -1.72. The van der Waals surface area contributed by atoms with Gasteiger partial charge >= 0.3 is 21.3 Å². The van der Waals surface area contributed by atoms with Crippen LogP contribution in [0.25, 0.3) is 0 Å². The lowest BCUT2D eigenvalue weighted by Gasteiger charge is -2.35. The van der Waals surface area contributed by atoms with E-state index >= 15 is 0 Å². The molecule has 20 heteroatoms. The highest BCUT2D eigenvalue weighted by molar-refractivity contribution is 7.61. The Labute approximate surface area is 188 Å². The minimum Gasteiger partial charge on any atom is -0.388 e. The SMILES string of the molecule is O=c1ccn([C@@H]2O[C@H](COP(=O)(O)OP(=O)(O)O[C@H]3OC[C@@H](O)[C@H](O)[C@H]3O)C(O)[C@@H]2O)c(=O)[nH]1. The number of H-pyrrole nitrogens is 1. The number of nitrogens with one attached hydrogen (secondary N) is 1. The predicted molar refractivity (Wildman–Crippen MR) is 103 cm³/mol. The van der Waals surface area contributed by atoms with Crippen LogP contribution in [0.4, 0.5) is 0 Å². The zero-order valence-electron chi connectivity index (χ0n) is 16.8. The van der Waals surface area contributed by atoms with Crippen LogP contribution in [0, 0.1) is 0 Å². The Morgan fingerprint density at radius 3 is 2.35 bits per heavy atom. The van der Waals surface area contributed by atoms with Crippen LogP contribution in [0.2, 0.25) is 0 Å². The van der Waals surface area contributed by atoms with Crippen LogP contribution in [0.3, 0.4) is 0 Å². The molecule has 2 aliphatic rings. The predicted octanol–water partition coefficient (Wildman–Crippen LogP) is -4.15. The summed E-state index contributed by atoms with van der Waals surface area (Å²) in [5.74, 6) is 0. The second-order valence-corrected chi connectivity index (χ2v) is 10.2. The van der Waals surface area contributed by atoms with Crippen LogP contribution in [-0.2, 0) is 32.0 Å². The second kappa shape index (κ2) is 10.3. The Hall–Kier alpha value is -1.34. The molecule has 1 aromatic heterocycles. The Morgan fingerprint density at radius 2 is 1.71 bits per heavy atom. The number of phosphoric ester groups is 2. The third-order valence-corrected chi connectivity index (χ3v) is 7.36. The van der Waals surface area contributed by atoms with Gasteiger partial charge in [0.25, 0.3) is 5.56 Å². The fourth-order valence-electron chi connectivity index (χ4n) is 3.07. The number of rotatable bonds is 8. The van der Waals surface area contributed by atoms with Crippen molar-refractivity contribution in [3.8, 4) is 0 Å². The lowest BCUT2D eigenvalue weighted by atomic mass is 10.1. The number of aromatic amines is 1. The van der Waals surface area contributed by atoms with E-state index in [1.165, 1.54) is 0 Å². The number of aliphatic hydroxyl groups excluding tert-OH is 5. The van der Waals surface area contributed by atoms with E-state index < -0.39 is 89.2 Å². The third kappa shape index (κ3) is 6.26. The average Bonchev–Trinajstić information content (AvgIpc) is 3.00. The second-order valence-electron chi connectivity index (χ2n) is 7.23. The van der Waals surface area contributed by atoms with Crippen molar-refractivity contribution in [1.29, 1.82) is 0 Å². The maximum absolute atomic E-state index is 12.1. The van der Waals surface area contributed by atoms with Gasteiger partial charge in [0.1, 0.15) is 36.6 Å². The van der Waals surface area contributed by atoms with Gasteiger partial charge in [-0.2, -0.15) is 4.31 Å². The van der Waals surface area contributed by atoms with E-state index in [9.17, 15) is 54.0 Å².